The number of carbonyl (C=O) groups is 2. The van der Waals surface area contributed by atoms with Crippen LogP contribution in [0.25, 0.3) is 6.08 Å². The lowest BCUT2D eigenvalue weighted by Crippen LogP contribution is -2.34. The smallest absolute Gasteiger partial charge is 0.265 e. The Morgan fingerprint density at radius 3 is 2.96 bits per heavy atom. The fourth-order valence-electron chi connectivity index (χ4n) is 2.73. The van der Waals surface area contributed by atoms with Gasteiger partial charge in [-0.1, -0.05) is 11.6 Å². The molecule has 7 nitrogen and oxygen atoms in total. The molecule has 138 valence electrons. The highest BCUT2D eigenvalue weighted by molar-refractivity contribution is 6.32. The highest BCUT2D eigenvalue weighted by Gasteiger charge is 2.23. The Morgan fingerprint density at radius 1 is 1.26 bits per heavy atom. The Labute approximate surface area is 159 Å². The zero-order valence-corrected chi connectivity index (χ0v) is 15.0. The molecule has 0 aromatic heterocycles. The van der Waals surface area contributed by atoms with E-state index in [1.54, 1.807) is 43.3 Å². The third kappa shape index (κ3) is 3.54. The van der Waals surface area contributed by atoms with Crippen LogP contribution in [0.5, 0.6) is 17.2 Å². The van der Waals surface area contributed by atoms with Crippen LogP contribution in [0.2, 0.25) is 5.02 Å². The second kappa shape index (κ2) is 6.85. The van der Waals surface area contributed by atoms with Crippen LogP contribution < -0.4 is 24.8 Å². The molecule has 2 aliphatic rings. The summed E-state index contributed by atoms with van der Waals surface area (Å²) < 4.78 is 16.0. The van der Waals surface area contributed by atoms with Gasteiger partial charge in [0.25, 0.3) is 5.91 Å². The van der Waals surface area contributed by atoms with Crippen LogP contribution in [0.1, 0.15) is 12.5 Å². The van der Waals surface area contributed by atoms with Gasteiger partial charge in [0.05, 0.1) is 10.7 Å². The van der Waals surface area contributed by atoms with Gasteiger partial charge in [0, 0.05) is 11.8 Å². The number of fused-ring (bicyclic) bond motifs is 2. The third-order valence-electron chi connectivity index (χ3n) is 4.05. The molecule has 2 heterocycles. The predicted molar refractivity (Wildman–Crippen MR) is 100 cm³/mol. The lowest BCUT2D eigenvalue weighted by molar-refractivity contribution is -0.122. The molecule has 27 heavy (non-hydrogen) atoms. The van der Waals surface area contributed by atoms with E-state index in [-0.39, 0.29) is 18.6 Å². The van der Waals surface area contributed by atoms with Crippen molar-refractivity contribution >= 4 is 40.9 Å². The third-order valence-corrected chi connectivity index (χ3v) is 4.34. The summed E-state index contributed by atoms with van der Waals surface area (Å²) in [6.07, 6.45) is 2.45. The number of hydrogen-bond donors (Lipinski definition) is 2. The number of ether oxygens (including phenoxy) is 3. The number of halogens is 1. The monoisotopic (exact) mass is 386 g/mol. The normalized spacial score (nSPS) is 17.3. The maximum absolute atomic E-state index is 12.2. The minimum atomic E-state index is -0.547. The van der Waals surface area contributed by atoms with Crippen molar-refractivity contribution in [2.75, 3.05) is 17.4 Å². The number of carbonyl (C=O) groups excluding carboxylic acids is 2. The van der Waals surface area contributed by atoms with Gasteiger partial charge in [-0.3, -0.25) is 9.59 Å². The molecule has 0 saturated carbocycles. The Kier molecular flexibility index (Phi) is 4.37. The Bertz CT molecular complexity index is 973. The van der Waals surface area contributed by atoms with E-state index >= 15 is 0 Å². The van der Waals surface area contributed by atoms with Gasteiger partial charge < -0.3 is 24.8 Å². The van der Waals surface area contributed by atoms with Gasteiger partial charge in [-0.2, -0.15) is 0 Å². The molecule has 0 saturated heterocycles. The molecule has 0 aliphatic carbocycles. The molecule has 2 aromatic carbocycles. The molecule has 2 amide bonds. The van der Waals surface area contributed by atoms with Crippen LogP contribution in [0.3, 0.4) is 0 Å². The van der Waals surface area contributed by atoms with E-state index < -0.39 is 6.10 Å². The highest BCUT2D eigenvalue weighted by atomic mass is 35.5. The van der Waals surface area contributed by atoms with Gasteiger partial charge in [0.1, 0.15) is 5.75 Å². The van der Waals surface area contributed by atoms with Crippen LogP contribution >= 0.6 is 11.6 Å². The minimum Gasteiger partial charge on any atom is -0.479 e. The average molecular weight is 387 g/mol. The van der Waals surface area contributed by atoms with Gasteiger partial charge in [0.2, 0.25) is 12.7 Å². The fourth-order valence-corrected chi connectivity index (χ4v) is 3.00. The topological polar surface area (TPSA) is 85.9 Å². The molecule has 0 unspecified atom stereocenters. The minimum absolute atomic E-state index is 0.125. The van der Waals surface area contributed by atoms with Crippen LogP contribution in [0, 0.1) is 0 Å². The first kappa shape index (κ1) is 17.2. The van der Waals surface area contributed by atoms with Gasteiger partial charge in [-0.05, 0) is 48.9 Å². The maximum Gasteiger partial charge on any atom is 0.265 e. The maximum atomic E-state index is 12.2. The number of hydrogen-bond acceptors (Lipinski definition) is 5. The van der Waals surface area contributed by atoms with Gasteiger partial charge >= 0.3 is 0 Å². The van der Waals surface area contributed by atoms with E-state index in [9.17, 15) is 9.59 Å². The van der Waals surface area contributed by atoms with Crippen LogP contribution in [0.4, 0.5) is 11.4 Å². The molecule has 0 spiro atoms. The first-order valence-corrected chi connectivity index (χ1v) is 8.57. The molecule has 4 rings (SSSR count). The lowest BCUT2D eigenvalue weighted by Gasteiger charge is -2.23. The first-order valence-electron chi connectivity index (χ1n) is 8.19. The summed E-state index contributed by atoms with van der Waals surface area (Å²) in [7, 11) is 0. The molecular formula is C19H15ClN2O5. The zero-order valence-electron chi connectivity index (χ0n) is 14.2. The van der Waals surface area contributed by atoms with Crippen molar-refractivity contribution in [3.63, 3.8) is 0 Å². The summed E-state index contributed by atoms with van der Waals surface area (Å²) in [6.45, 7) is 1.79. The van der Waals surface area contributed by atoms with Gasteiger partial charge in [-0.25, -0.2) is 0 Å². The van der Waals surface area contributed by atoms with Crippen LogP contribution in [0.15, 0.2) is 36.4 Å². The SMILES string of the molecule is C[C@H]1Oc2ccc(NC(=O)/C=C/c3cc(Cl)c4c(c3)OCO4)cc2NC1=O. The summed E-state index contributed by atoms with van der Waals surface area (Å²) in [5.41, 5.74) is 1.76. The van der Waals surface area contributed by atoms with E-state index in [0.29, 0.717) is 39.2 Å². The van der Waals surface area contributed by atoms with E-state index in [1.807, 2.05) is 0 Å². The standard InChI is InChI=1S/C19H15ClN2O5/c1-10-19(24)22-14-8-12(3-4-15(14)27-10)21-17(23)5-2-11-6-13(20)18-16(7-11)25-9-26-18/h2-8,10H,9H2,1H3,(H,21,23)(H,22,24)/b5-2+/t10-/m1/s1. The fraction of sp³-hybridized carbons (Fsp3) is 0.158. The predicted octanol–water partition coefficient (Wildman–Crippen LogP) is 3.44. The van der Waals surface area contributed by atoms with E-state index in [4.69, 9.17) is 25.8 Å². The molecule has 0 bridgehead atoms. The van der Waals surface area contributed by atoms with Gasteiger partial charge in [-0.15, -0.1) is 0 Å². The van der Waals surface area contributed by atoms with E-state index in [0.717, 1.165) is 0 Å². The zero-order chi connectivity index (χ0) is 19.0. The summed E-state index contributed by atoms with van der Waals surface area (Å²) in [5.74, 6) is 1.05. The Balaban J connectivity index is 1.46. The van der Waals surface area contributed by atoms with E-state index in [1.165, 1.54) is 6.08 Å². The highest BCUT2D eigenvalue weighted by Crippen LogP contribution is 2.40. The summed E-state index contributed by atoms with van der Waals surface area (Å²) in [5, 5.41) is 5.89. The Hall–Kier alpha value is -3.19. The van der Waals surface area contributed by atoms with Crippen molar-refractivity contribution < 1.29 is 23.8 Å². The van der Waals surface area contributed by atoms with Crippen molar-refractivity contribution in [3.05, 3.63) is 47.0 Å². The average Bonchev–Trinajstić information content (AvgIpc) is 3.10. The molecule has 0 fully saturated rings. The van der Waals surface area contributed by atoms with Crippen molar-refractivity contribution in [2.45, 2.75) is 13.0 Å². The molecule has 8 heteroatoms. The van der Waals surface area contributed by atoms with Crippen molar-refractivity contribution in [1.29, 1.82) is 0 Å². The molecular weight excluding hydrogens is 372 g/mol. The van der Waals surface area contributed by atoms with E-state index in [2.05, 4.69) is 10.6 Å². The summed E-state index contributed by atoms with van der Waals surface area (Å²) >= 11 is 6.12. The molecule has 2 N–H and O–H groups in total. The number of amides is 2. The molecule has 1 atom stereocenters. The first-order chi connectivity index (χ1) is 13.0. The number of rotatable bonds is 3. The molecule has 2 aromatic rings. The van der Waals surface area contributed by atoms with Crippen LogP contribution in [-0.4, -0.2) is 24.7 Å². The van der Waals surface area contributed by atoms with Crippen molar-refractivity contribution in [3.8, 4) is 17.2 Å². The number of benzene rings is 2. The van der Waals surface area contributed by atoms with Gasteiger partial charge in [0.15, 0.2) is 17.6 Å². The molecule has 2 aliphatic heterocycles. The van der Waals surface area contributed by atoms with Crippen molar-refractivity contribution in [1.82, 2.24) is 0 Å². The van der Waals surface area contributed by atoms with Crippen molar-refractivity contribution in [2.24, 2.45) is 0 Å². The second-order valence-corrected chi connectivity index (χ2v) is 6.43. The lowest BCUT2D eigenvalue weighted by atomic mass is 10.2. The largest absolute Gasteiger partial charge is 0.479 e. The summed E-state index contributed by atoms with van der Waals surface area (Å²) in [6, 6.07) is 8.47. The quantitative estimate of drug-likeness (QED) is 0.789. The number of anilines is 2. The summed E-state index contributed by atoms with van der Waals surface area (Å²) in [4.78, 5) is 23.9. The molecule has 0 radical (unpaired) electrons. The second-order valence-electron chi connectivity index (χ2n) is 6.02. The number of nitrogens with one attached hydrogen (secondary N) is 2. The van der Waals surface area contributed by atoms with Crippen LogP contribution in [-0.2, 0) is 9.59 Å². The Morgan fingerprint density at radius 2 is 2.11 bits per heavy atom.